The number of ether oxygens (including phenoxy) is 2. The van der Waals surface area contributed by atoms with Gasteiger partial charge in [0.2, 0.25) is 11.8 Å². The predicted molar refractivity (Wildman–Crippen MR) is 87.0 cm³/mol. The monoisotopic (exact) mass is 336 g/mol. The molecule has 0 aliphatic heterocycles. The van der Waals surface area contributed by atoms with Crippen molar-refractivity contribution in [2.45, 2.75) is 27.7 Å². The lowest BCUT2D eigenvalue weighted by Crippen LogP contribution is -2.18. The lowest BCUT2D eigenvalue weighted by Gasteiger charge is -2.15. The van der Waals surface area contributed by atoms with Crippen molar-refractivity contribution in [1.29, 1.82) is 0 Å². The van der Waals surface area contributed by atoms with Gasteiger partial charge in [0.1, 0.15) is 0 Å². The molecule has 1 aromatic carbocycles. The maximum Gasteiger partial charge on any atom is 0.340 e. The smallest absolute Gasteiger partial charge is 0.340 e. The topological polar surface area (TPSA) is 111 Å². The molecule has 0 bridgehead atoms. The van der Waals surface area contributed by atoms with Crippen LogP contribution in [0.25, 0.3) is 0 Å². The highest BCUT2D eigenvalue weighted by Gasteiger charge is 2.22. The Bertz CT molecular complexity index is 611. The maximum absolute atomic E-state index is 12.1. The minimum Gasteiger partial charge on any atom is -0.462 e. The van der Waals surface area contributed by atoms with Crippen molar-refractivity contribution in [1.82, 2.24) is 0 Å². The van der Waals surface area contributed by atoms with Crippen molar-refractivity contribution < 1.29 is 28.7 Å². The number of benzene rings is 1. The van der Waals surface area contributed by atoms with E-state index in [1.165, 1.54) is 26.0 Å². The van der Waals surface area contributed by atoms with Gasteiger partial charge < -0.3 is 20.1 Å². The molecule has 0 aliphatic rings. The molecule has 0 saturated carbocycles. The van der Waals surface area contributed by atoms with Gasteiger partial charge in [-0.05, 0) is 26.0 Å². The number of rotatable bonds is 6. The van der Waals surface area contributed by atoms with Crippen LogP contribution in [-0.4, -0.2) is 37.0 Å². The maximum atomic E-state index is 12.1. The fourth-order valence-corrected chi connectivity index (χ4v) is 1.94. The first-order chi connectivity index (χ1) is 11.3. The fourth-order valence-electron chi connectivity index (χ4n) is 1.94. The summed E-state index contributed by atoms with van der Waals surface area (Å²) in [6, 6.07) is 2.55. The van der Waals surface area contributed by atoms with Crippen molar-refractivity contribution in [3.63, 3.8) is 0 Å². The summed E-state index contributed by atoms with van der Waals surface area (Å²) in [4.78, 5) is 46.9. The van der Waals surface area contributed by atoms with Crippen LogP contribution in [0.1, 0.15) is 48.4 Å². The van der Waals surface area contributed by atoms with Crippen molar-refractivity contribution in [3.8, 4) is 0 Å². The molecule has 24 heavy (non-hydrogen) atoms. The van der Waals surface area contributed by atoms with Crippen LogP contribution in [0.4, 0.5) is 11.4 Å². The van der Waals surface area contributed by atoms with Crippen LogP contribution in [0.15, 0.2) is 12.1 Å². The van der Waals surface area contributed by atoms with E-state index < -0.39 is 23.8 Å². The summed E-state index contributed by atoms with van der Waals surface area (Å²) >= 11 is 0. The van der Waals surface area contributed by atoms with Gasteiger partial charge in [0.25, 0.3) is 0 Å². The summed E-state index contributed by atoms with van der Waals surface area (Å²) in [5, 5.41) is 4.94. The van der Waals surface area contributed by atoms with Gasteiger partial charge in [-0.25, -0.2) is 9.59 Å². The van der Waals surface area contributed by atoms with Gasteiger partial charge >= 0.3 is 11.9 Å². The van der Waals surface area contributed by atoms with Gasteiger partial charge in [-0.2, -0.15) is 0 Å². The third-order valence-electron chi connectivity index (χ3n) is 2.77. The molecule has 0 aromatic heterocycles. The highest BCUT2D eigenvalue weighted by molar-refractivity contribution is 6.08. The summed E-state index contributed by atoms with van der Waals surface area (Å²) < 4.78 is 9.88. The van der Waals surface area contributed by atoms with E-state index in [0.717, 1.165) is 0 Å². The molecule has 0 heterocycles. The standard InChI is InChI=1S/C16H20N2O6/c1-5-23-15(21)11-7-14(18-10(4)20)12(16(22)24-6-2)8-13(11)17-9(3)19/h7-8H,5-6H2,1-4H3,(H,17,19)(H,18,20). The van der Waals surface area contributed by atoms with Gasteiger partial charge in [-0.15, -0.1) is 0 Å². The SMILES string of the molecule is CCOC(=O)c1cc(NC(C)=O)c(C(=O)OCC)cc1NC(C)=O. The summed E-state index contributed by atoms with van der Waals surface area (Å²) in [6.07, 6.45) is 0. The number of anilines is 2. The van der Waals surface area contributed by atoms with Crippen molar-refractivity contribution in [3.05, 3.63) is 23.3 Å². The van der Waals surface area contributed by atoms with Crippen molar-refractivity contribution in [2.75, 3.05) is 23.8 Å². The zero-order valence-corrected chi connectivity index (χ0v) is 14.0. The Kier molecular flexibility index (Phi) is 6.91. The molecule has 8 nitrogen and oxygen atoms in total. The number of nitrogens with one attached hydrogen (secondary N) is 2. The molecule has 1 aromatic rings. The summed E-state index contributed by atoms with van der Waals surface area (Å²) in [5.74, 6) is -2.24. The van der Waals surface area contributed by atoms with Crippen LogP contribution in [0.3, 0.4) is 0 Å². The third kappa shape index (κ3) is 5.08. The summed E-state index contributed by atoms with van der Waals surface area (Å²) in [5.41, 5.74) is 0.226. The van der Waals surface area contributed by atoms with Crippen molar-refractivity contribution >= 4 is 35.1 Å². The fraction of sp³-hybridized carbons (Fsp3) is 0.375. The number of amides is 2. The average molecular weight is 336 g/mol. The van der Waals surface area contributed by atoms with E-state index in [2.05, 4.69) is 10.6 Å². The lowest BCUT2D eigenvalue weighted by molar-refractivity contribution is -0.115. The van der Waals surface area contributed by atoms with E-state index in [1.807, 2.05) is 0 Å². The Morgan fingerprint density at radius 2 is 1.12 bits per heavy atom. The highest BCUT2D eigenvalue weighted by Crippen LogP contribution is 2.27. The predicted octanol–water partition coefficient (Wildman–Crippen LogP) is 1.96. The van der Waals surface area contributed by atoms with Crippen LogP contribution in [0.2, 0.25) is 0 Å². The zero-order valence-electron chi connectivity index (χ0n) is 14.0. The molecule has 0 atom stereocenters. The molecular weight excluding hydrogens is 316 g/mol. The molecule has 0 spiro atoms. The first-order valence-electron chi connectivity index (χ1n) is 7.37. The molecule has 0 saturated heterocycles. The molecule has 2 N–H and O–H groups in total. The first-order valence-corrected chi connectivity index (χ1v) is 7.37. The van der Waals surface area contributed by atoms with Crippen LogP contribution >= 0.6 is 0 Å². The summed E-state index contributed by atoms with van der Waals surface area (Å²) in [6.45, 7) is 6.07. The van der Waals surface area contributed by atoms with E-state index in [4.69, 9.17) is 9.47 Å². The zero-order chi connectivity index (χ0) is 18.3. The molecule has 0 fully saturated rings. The first kappa shape index (κ1) is 19.1. The molecule has 0 unspecified atom stereocenters. The molecule has 8 heteroatoms. The van der Waals surface area contributed by atoms with E-state index >= 15 is 0 Å². The number of carbonyl (C=O) groups excluding carboxylic acids is 4. The van der Waals surface area contributed by atoms with E-state index in [9.17, 15) is 19.2 Å². The largest absolute Gasteiger partial charge is 0.462 e. The number of carbonyl (C=O) groups is 4. The summed E-state index contributed by atoms with van der Waals surface area (Å²) in [7, 11) is 0. The van der Waals surface area contributed by atoms with E-state index in [-0.39, 0.29) is 35.7 Å². The van der Waals surface area contributed by atoms with Gasteiger partial charge in [-0.1, -0.05) is 0 Å². The van der Waals surface area contributed by atoms with E-state index in [1.54, 1.807) is 13.8 Å². The van der Waals surface area contributed by atoms with Gasteiger partial charge in [-0.3, -0.25) is 9.59 Å². The minimum atomic E-state index is -0.691. The van der Waals surface area contributed by atoms with Gasteiger partial charge in [0, 0.05) is 13.8 Å². The number of hydrogen-bond acceptors (Lipinski definition) is 6. The third-order valence-corrected chi connectivity index (χ3v) is 2.77. The molecule has 1 rings (SSSR count). The number of hydrogen-bond donors (Lipinski definition) is 2. The van der Waals surface area contributed by atoms with Crippen LogP contribution in [-0.2, 0) is 19.1 Å². The Hall–Kier alpha value is -2.90. The van der Waals surface area contributed by atoms with Gasteiger partial charge in [0.05, 0.1) is 35.7 Å². The Morgan fingerprint density at radius 3 is 1.38 bits per heavy atom. The van der Waals surface area contributed by atoms with Crippen LogP contribution in [0, 0.1) is 0 Å². The number of esters is 2. The molecule has 0 radical (unpaired) electrons. The Balaban J connectivity index is 3.51. The van der Waals surface area contributed by atoms with Gasteiger partial charge in [0.15, 0.2) is 0 Å². The molecule has 130 valence electrons. The molecular formula is C16H20N2O6. The second kappa shape index (κ2) is 8.66. The van der Waals surface area contributed by atoms with Crippen LogP contribution in [0.5, 0.6) is 0 Å². The van der Waals surface area contributed by atoms with Crippen molar-refractivity contribution in [2.24, 2.45) is 0 Å². The minimum absolute atomic E-state index is 0.0175. The molecule has 2 amide bonds. The Labute approximate surface area is 139 Å². The second-order valence-corrected chi connectivity index (χ2v) is 4.75. The highest BCUT2D eigenvalue weighted by atomic mass is 16.5. The Morgan fingerprint density at radius 1 is 0.792 bits per heavy atom. The second-order valence-electron chi connectivity index (χ2n) is 4.75. The quantitative estimate of drug-likeness (QED) is 0.768. The molecule has 0 aliphatic carbocycles. The lowest BCUT2D eigenvalue weighted by atomic mass is 10.1. The van der Waals surface area contributed by atoms with Crippen LogP contribution < -0.4 is 10.6 Å². The average Bonchev–Trinajstić information content (AvgIpc) is 2.47. The van der Waals surface area contributed by atoms with E-state index in [0.29, 0.717) is 0 Å². The normalized spacial score (nSPS) is 9.83.